The highest BCUT2D eigenvalue weighted by Crippen LogP contribution is 2.17. The number of nitrogens with zero attached hydrogens (tertiary/aromatic N) is 1. The van der Waals surface area contributed by atoms with Crippen molar-refractivity contribution in [3.8, 4) is 0 Å². The lowest BCUT2D eigenvalue weighted by Crippen LogP contribution is -2.35. The molecule has 3 heteroatoms. The monoisotopic (exact) mass is 273 g/mol. The van der Waals surface area contributed by atoms with Crippen molar-refractivity contribution in [3.63, 3.8) is 0 Å². The number of cyclic esters (lactones) is 1. The zero-order chi connectivity index (χ0) is 14.4. The van der Waals surface area contributed by atoms with Gasteiger partial charge in [0, 0.05) is 6.54 Å². The summed E-state index contributed by atoms with van der Waals surface area (Å²) in [6.45, 7) is 5.51. The van der Waals surface area contributed by atoms with Gasteiger partial charge < -0.3 is 4.74 Å². The third kappa shape index (κ3) is 4.12. The number of hydrogen-bond donors (Lipinski definition) is 0. The van der Waals surface area contributed by atoms with Crippen molar-refractivity contribution >= 4 is 6.09 Å². The van der Waals surface area contributed by atoms with Gasteiger partial charge in [0.05, 0.1) is 6.04 Å². The average Bonchev–Trinajstić information content (AvgIpc) is 2.77. The zero-order valence-electron chi connectivity index (χ0n) is 12.3. The van der Waals surface area contributed by atoms with Gasteiger partial charge in [-0.15, -0.1) is 0 Å². The number of allylic oxidation sites excluding steroid dienone is 1. The molecule has 0 radical (unpaired) electrons. The van der Waals surface area contributed by atoms with Gasteiger partial charge in [0.1, 0.15) is 6.61 Å². The van der Waals surface area contributed by atoms with E-state index in [2.05, 4.69) is 38.1 Å². The SMILES string of the molecule is CC(C)CC=CCN1C(=O)OC[C@H]1Cc1ccccc1. The van der Waals surface area contributed by atoms with Crippen molar-refractivity contribution < 1.29 is 9.53 Å². The summed E-state index contributed by atoms with van der Waals surface area (Å²) in [5.41, 5.74) is 1.24. The van der Waals surface area contributed by atoms with Crippen LogP contribution in [0.2, 0.25) is 0 Å². The number of amides is 1. The Bertz CT molecular complexity index is 453. The lowest BCUT2D eigenvalue weighted by molar-refractivity contribution is 0.160. The van der Waals surface area contributed by atoms with E-state index in [1.165, 1.54) is 5.56 Å². The number of benzene rings is 1. The minimum Gasteiger partial charge on any atom is -0.447 e. The number of carbonyl (C=O) groups is 1. The van der Waals surface area contributed by atoms with Crippen LogP contribution in [0.3, 0.4) is 0 Å². The van der Waals surface area contributed by atoms with Crippen LogP contribution in [0, 0.1) is 5.92 Å². The highest BCUT2D eigenvalue weighted by atomic mass is 16.6. The number of ether oxygens (including phenoxy) is 1. The number of carbonyl (C=O) groups excluding carboxylic acids is 1. The van der Waals surface area contributed by atoms with Gasteiger partial charge in [-0.3, -0.25) is 4.90 Å². The van der Waals surface area contributed by atoms with E-state index < -0.39 is 0 Å². The highest BCUT2D eigenvalue weighted by Gasteiger charge is 2.31. The maximum absolute atomic E-state index is 11.8. The average molecular weight is 273 g/mol. The van der Waals surface area contributed by atoms with Gasteiger partial charge in [0.25, 0.3) is 0 Å². The summed E-state index contributed by atoms with van der Waals surface area (Å²) >= 11 is 0. The number of hydrogen-bond acceptors (Lipinski definition) is 2. The van der Waals surface area contributed by atoms with Crippen molar-refractivity contribution in [2.24, 2.45) is 5.92 Å². The molecule has 3 nitrogen and oxygen atoms in total. The molecule has 1 heterocycles. The minimum atomic E-state index is -0.194. The Kier molecular flexibility index (Phi) is 5.22. The van der Waals surface area contributed by atoms with Crippen LogP contribution >= 0.6 is 0 Å². The van der Waals surface area contributed by atoms with Gasteiger partial charge in [0.2, 0.25) is 0 Å². The molecule has 1 amide bonds. The molecule has 1 aromatic carbocycles. The van der Waals surface area contributed by atoms with Crippen LogP contribution in [0.25, 0.3) is 0 Å². The summed E-state index contributed by atoms with van der Waals surface area (Å²) in [7, 11) is 0. The number of rotatable bonds is 6. The van der Waals surface area contributed by atoms with Crippen LogP contribution in [-0.2, 0) is 11.2 Å². The standard InChI is InChI=1S/C17H23NO2/c1-14(2)8-6-7-11-18-16(13-20-17(18)19)12-15-9-4-3-5-10-15/h3-7,9-10,14,16H,8,11-13H2,1-2H3/t16-/m1/s1. The van der Waals surface area contributed by atoms with E-state index in [4.69, 9.17) is 4.74 Å². The highest BCUT2D eigenvalue weighted by molar-refractivity contribution is 5.70. The molecule has 0 unspecified atom stereocenters. The Morgan fingerprint density at radius 3 is 2.75 bits per heavy atom. The summed E-state index contributed by atoms with van der Waals surface area (Å²) < 4.78 is 5.18. The fraction of sp³-hybridized carbons (Fsp3) is 0.471. The molecule has 1 atom stereocenters. The molecule has 1 fully saturated rings. The maximum Gasteiger partial charge on any atom is 0.410 e. The normalized spacial score (nSPS) is 19.1. The van der Waals surface area contributed by atoms with E-state index in [1.807, 2.05) is 23.1 Å². The molecule has 1 aliphatic heterocycles. The van der Waals surface area contributed by atoms with E-state index in [-0.39, 0.29) is 12.1 Å². The molecule has 1 aromatic rings. The Balaban J connectivity index is 1.91. The fourth-order valence-corrected chi connectivity index (χ4v) is 2.32. The molecule has 2 rings (SSSR count). The van der Waals surface area contributed by atoms with Crippen LogP contribution < -0.4 is 0 Å². The Labute approximate surface area is 121 Å². The minimum absolute atomic E-state index is 0.147. The van der Waals surface area contributed by atoms with Crippen molar-refractivity contribution in [1.82, 2.24) is 4.90 Å². The van der Waals surface area contributed by atoms with E-state index in [0.29, 0.717) is 19.1 Å². The largest absolute Gasteiger partial charge is 0.447 e. The summed E-state index contributed by atoms with van der Waals surface area (Å²) in [5.74, 6) is 0.650. The lowest BCUT2D eigenvalue weighted by atomic mass is 10.1. The molecule has 0 N–H and O–H groups in total. The summed E-state index contributed by atoms with van der Waals surface area (Å²) in [5, 5.41) is 0. The molecular weight excluding hydrogens is 250 g/mol. The first kappa shape index (κ1) is 14.6. The van der Waals surface area contributed by atoms with Gasteiger partial charge in [0.15, 0.2) is 0 Å². The van der Waals surface area contributed by atoms with E-state index in [9.17, 15) is 4.79 Å². The first-order valence-corrected chi connectivity index (χ1v) is 7.29. The second kappa shape index (κ2) is 7.13. The first-order valence-electron chi connectivity index (χ1n) is 7.29. The first-order chi connectivity index (χ1) is 9.66. The fourth-order valence-electron chi connectivity index (χ4n) is 2.32. The predicted molar refractivity (Wildman–Crippen MR) is 80.6 cm³/mol. The third-order valence-corrected chi connectivity index (χ3v) is 3.46. The van der Waals surface area contributed by atoms with Crippen molar-refractivity contribution in [1.29, 1.82) is 0 Å². The van der Waals surface area contributed by atoms with Crippen LogP contribution in [0.4, 0.5) is 4.79 Å². The van der Waals surface area contributed by atoms with Crippen LogP contribution in [0.15, 0.2) is 42.5 Å². The van der Waals surface area contributed by atoms with Gasteiger partial charge >= 0.3 is 6.09 Å². The smallest absolute Gasteiger partial charge is 0.410 e. The summed E-state index contributed by atoms with van der Waals surface area (Å²) in [4.78, 5) is 13.6. The second-order valence-corrected chi connectivity index (χ2v) is 5.67. The molecule has 108 valence electrons. The molecule has 0 spiro atoms. The van der Waals surface area contributed by atoms with E-state index >= 15 is 0 Å². The van der Waals surface area contributed by atoms with Crippen molar-refractivity contribution in [3.05, 3.63) is 48.0 Å². The molecule has 1 saturated heterocycles. The second-order valence-electron chi connectivity index (χ2n) is 5.67. The van der Waals surface area contributed by atoms with Gasteiger partial charge in [-0.2, -0.15) is 0 Å². The Morgan fingerprint density at radius 1 is 1.30 bits per heavy atom. The van der Waals surface area contributed by atoms with Gasteiger partial charge in [-0.1, -0.05) is 56.3 Å². The molecule has 0 bridgehead atoms. The molecule has 0 aromatic heterocycles. The lowest BCUT2D eigenvalue weighted by Gasteiger charge is -2.19. The zero-order valence-corrected chi connectivity index (χ0v) is 12.3. The molecule has 1 aliphatic rings. The Hall–Kier alpha value is -1.77. The maximum atomic E-state index is 11.8. The summed E-state index contributed by atoms with van der Waals surface area (Å²) in [6.07, 6.45) is 5.93. The topological polar surface area (TPSA) is 29.5 Å². The molecule has 0 saturated carbocycles. The van der Waals surface area contributed by atoms with Gasteiger partial charge in [-0.25, -0.2) is 4.79 Å². The molecule has 20 heavy (non-hydrogen) atoms. The van der Waals surface area contributed by atoms with Crippen LogP contribution in [-0.4, -0.2) is 30.2 Å². The quantitative estimate of drug-likeness (QED) is 0.740. The predicted octanol–water partition coefficient (Wildman–Crippen LogP) is 3.65. The van der Waals surface area contributed by atoms with E-state index in [0.717, 1.165) is 12.8 Å². The van der Waals surface area contributed by atoms with Crippen LogP contribution in [0.1, 0.15) is 25.8 Å². The van der Waals surface area contributed by atoms with Crippen LogP contribution in [0.5, 0.6) is 0 Å². The van der Waals surface area contributed by atoms with Gasteiger partial charge in [-0.05, 0) is 24.3 Å². The van der Waals surface area contributed by atoms with E-state index in [1.54, 1.807) is 0 Å². The van der Waals surface area contributed by atoms with Crippen molar-refractivity contribution in [2.75, 3.05) is 13.2 Å². The molecule has 0 aliphatic carbocycles. The Morgan fingerprint density at radius 2 is 2.05 bits per heavy atom. The third-order valence-electron chi connectivity index (χ3n) is 3.46. The summed E-state index contributed by atoms with van der Waals surface area (Å²) in [6, 6.07) is 10.4. The van der Waals surface area contributed by atoms with Crippen molar-refractivity contribution in [2.45, 2.75) is 32.7 Å². The molecular formula is C17H23NO2.